The number of carbonyl (C=O) groups is 8. The number of nitro benzene ring substituents is 1. The van der Waals surface area contributed by atoms with Crippen LogP contribution in [-0.4, -0.2) is 116 Å². The van der Waals surface area contributed by atoms with Crippen molar-refractivity contribution in [3.63, 3.8) is 0 Å². The predicted molar refractivity (Wildman–Crippen MR) is 241 cm³/mol. The number of anilines is 1. The Morgan fingerprint density at radius 1 is 0.818 bits per heavy atom. The Balaban J connectivity index is 1.72. The number of carboxylic acids is 1. The SMILES string of the molecule is CC[C@H](C)[C@H](NCc1ccccc1N)C(=O)N[C@H](C(=O)N[C@@H](C)C(=O)N[C@@H](C)C(=O)N1CCC[C@H]1C(=O)N[C@@H](Cc1ccc(O)c([N+](=O)[O-])c1)C(=O)N[C@@H](CCC(=O)O)C(N)=O)[C@@H](C)CC. The zero-order valence-electron chi connectivity index (χ0n) is 38.1. The molecule has 2 aromatic rings. The van der Waals surface area contributed by atoms with Crippen molar-refractivity contribution in [1.82, 2.24) is 36.8 Å². The van der Waals surface area contributed by atoms with Crippen LogP contribution in [0, 0.1) is 22.0 Å². The average Bonchev–Trinajstić information content (AvgIpc) is 3.77. The quantitative estimate of drug-likeness (QED) is 0.0368. The summed E-state index contributed by atoms with van der Waals surface area (Å²) in [4.78, 5) is 117. The number of aliphatic carboxylic acids is 1. The summed E-state index contributed by atoms with van der Waals surface area (Å²) in [5.41, 5.74) is 12.3. The Morgan fingerprint density at radius 2 is 1.44 bits per heavy atom. The summed E-state index contributed by atoms with van der Waals surface area (Å²) in [6.07, 6.45) is 0.361. The predicted octanol–water partition coefficient (Wildman–Crippen LogP) is 0.481. The van der Waals surface area contributed by atoms with Gasteiger partial charge in [0.15, 0.2) is 5.75 Å². The lowest BCUT2D eigenvalue weighted by molar-refractivity contribution is -0.385. The number of carbonyl (C=O) groups excluding carboxylic acids is 7. The number of nitrogen functional groups attached to an aromatic ring is 1. The molecule has 1 saturated heterocycles. The summed E-state index contributed by atoms with van der Waals surface area (Å²) in [5, 5.41) is 46.8. The van der Waals surface area contributed by atoms with Crippen molar-refractivity contribution < 1.29 is 53.5 Å². The van der Waals surface area contributed by atoms with Gasteiger partial charge in [0.25, 0.3) is 0 Å². The van der Waals surface area contributed by atoms with Crippen molar-refractivity contribution in [2.75, 3.05) is 12.3 Å². The van der Waals surface area contributed by atoms with Gasteiger partial charge in [-0.25, -0.2) is 0 Å². The molecule has 0 unspecified atom stereocenters. The molecule has 12 N–H and O–H groups in total. The van der Waals surface area contributed by atoms with E-state index in [4.69, 9.17) is 16.6 Å². The summed E-state index contributed by atoms with van der Waals surface area (Å²) in [5.74, 6) is -7.65. The monoisotopic (exact) mass is 924 g/mol. The summed E-state index contributed by atoms with van der Waals surface area (Å²) in [7, 11) is 0. The van der Waals surface area contributed by atoms with Crippen LogP contribution in [0.3, 0.4) is 0 Å². The molecule has 0 spiro atoms. The van der Waals surface area contributed by atoms with Crippen LogP contribution in [0.2, 0.25) is 0 Å². The van der Waals surface area contributed by atoms with Crippen LogP contribution in [0.4, 0.5) is 11.4 Å². The van der Waals surface area contributed by atoms with E-state index in [0.29, 0.717) is 31.5 Å². The zero-order valence-corrected chi connectivity index (χ0v) is 38.1. The molecule has 22 nitrogen and oxygen atoms in total. The highest BCUT2D eigenvalue weighted by molar-refractivity contribution is 5.97. The smallest absolute Gasteiger partial charge is 0.310 e. The van der Waals surface area contributed by atoms with E-state index in [1.165, 1.54) is 24.8 Å². The van der Waals surface area contributed by atoms with E-state index in [1.807, 2.05) is 39.0 Å². The van der Waals surface area contributed by atoms with Crippen LogP contribution in [-0.2, 0) is 51.3 Å². The van der Waals surface area contributed by atoms with Crippen molar-refractivity contribution in [2.45, 2.75) is 135 Å². The Morgan fingerprint density at radius 3 is 2.05 bits per heavy atom. The fourth-order valence-electron chi connectivity index (χ4n) is 7.35. The van der Waals surface area contributed by atoms with Gasteiger partial charge in [0.1, 0.15) is 36.3 Å². The fourth-order valence-corrected chi connectivity index (χ4v) is 7.35. The maximum Gasteiger partial charge on any atom is 0.310 e. The van der Waals surface area contributed by atoms with Gasteiger partial charge in [-0.05, 0) is 68.2 Å². The number of nitrogens with zero attached hydrogens (tertiary/aromatic N) is 2. The van der Waals surface area contributed by atoms with Gasteiger partial charge in [0.05, 0.1) is 11.0 Å². The zero-order chi connectivity index (χ0) is 49.4. The topological polar surface area (TPSA) is 348 Å². The lowest BCUT2D eigenvalue weighted by Gasteiger charge is -2.30. The second-order valence-corrected chi connectivity index (χ2v) is 16.7. The maximum absolute atomic E-state index is 13.9. The van der Waals surface area contributed by atoms with Crippen LogP contribution in [0.15, 0.2) is 42.5 Å². The number of nitro groups is 1. The highest BCUT2D eigenvalue weighted by Crippen LogP contribution is 2.27. The fraction of sp³-hybridized carbons (Fsp3) is 0.545. The lowest BCUT2D eigenvalue weighted by atomic mass is 9.94. The summed E-state index contributed by atoms with van der Waals surface area (Å²) in [6.45, 7) is 10.7. The molecular weight excluding hydrogens is 861 g/mol. The lowest BCUT2D eigenvalue weighted by Crippen LogP contribution is -2.60. The van der Waals surface area contributed by atoms with Gasteiger partial charge in [0.2, 0.25) is 41.4 Å². The largest absolute Gasteiger partial charge is 0.502 e. The number of likely N-dealkylation sites (tertiary alicyclic amines) is 1. The Kier molecular flexibility index (Phi) is 20.3. The van der Waals surface area contributed by atoms with E-state index in [1.54, 1.807) is 13.0 Å². The Hall–Kier alpha value is -6.84. The third-order valence-corrected chi connectivity index (χ3v) is 11.8. The first-order valence-corrected chi connectivity index (χ1v) is 22.0. The number of rotatable bonds is 25. The molecule has 7 amide bonds. The van der Waals surface area contributed by atoms with E-state index < -0.39 is 119 Å². The van der Waals surface area contributed by atoms with E-state index >= 15 is 0 Å². The third kappa shape index (κ3) is 15.1. The van der Waals surface area contributed by atoms with Gasteiger partial charge in [0, 0.05) is 37.7 Å². The molecule has 0 aromatic heterocycles. The van der Waals surface area contributed by atoms with Crippen molar-refractivity contribution in [3.8, 4) is 5.75 Å². The molecule has 1 heterocycles. The standard InChI is InChI=1S/C44H64N10O12/c1-7-23(3)36(47-22-28-12-9-10-13-29(28)45)42(62)52-37(24(4)8-2)43(63)48-25(5)39(59)49-26(6)44(64)53-19-11-14-32(53)41(61)51-31(20-27-15-17-34(55)33(21-27)54(65)66)40(60)50-30(38(46)58)16-18-35(56)57/h9-10,12-13,15,17,21,23-26,30-32,36-37,47,55H,7-8,11,14,16,18-20,22,45H2,1-6H3,(H2,46,58)(H,48,63)(H,49,59)(H,50,60)(H,51,61)(H,52,62)(H,56,57)/t23-,24-,25-,26-,30-,31-,32-,36-,37-/m0/s1. The number of aromatic hydroxyl groups is 1. The third-order valence-electron chi connectivity index (χ3n) is 11.8. The number of benzene rings is 2. The molecule has 0 radical (unpaired) electrons. The molecule has 0 aliphatic carbocycles. The number of nitrogens with two attached hydrogens (primary N) is 2. The summed E-state index contributed by atoms with van der Waals surface area (Å²) in [6, 6.07) is 2.33. The summed E-state index contributed by atoms with van der Waals surface area (Å²) < 4.78 is 0. The van der Waals surface area contributed by atoms with E-state index in [9.17, 15) is 53.6 Å². The number of nitrogens with one attached hydrogen (secondary N) is 6. The first kappa shape index (κ1) is 53.5. The van der Waals surface area contributed by atoms with Gasteiger partial charge in [-0.2, -0.15) is 0 Å². The van der Waals surface area contributed by atoms with Crippen molar-refractivity contribution >= 4 is 58.7 Å². The van der Waals surface area contributed by atoms with Crippen molar-refractivity contribution in [3.05, 3.63) is 63.7 Å². The molecule has 3 rings (SSSR count). The van der Waals surface area contributed by atoms with Crippen LogP contribution in [0.25, 0.3) is 0 Å². The maximum atomic E-state index is 13.9. The van der Waals surface area contributed by atoms with Gasteiger partial charge in [-0.1, -0.05) is 64.8 Å². The minimum Gasteiger partial charge on any atom is -0.502 e. The molecule has 1 fully saturated rings. The molecule has 66 heavy (non-hydrogen) atoms. The highest BCUT2D eigenvalue weighted by atomic mass is 16.6. The molecule has 362 valence electrons. The minimum absolute atomic E-state index is 0.0882. The van der Waals surface area contributed by atoms with E-state index in [0.717, 1.165) is 17.7 Å². The van der Waals surface area contributed by atoms with Crippen LogP contribution in [0.5, 0.6) is 5.75 Å². The molecule has 9 atom stereocenters. The number of para-hydroxylation sites is 1. The Labute approximate surface area is 382 Å². The van der Waals surface area contributed by atoms with Crippen LogP contribution >= 0.6 is 0 Å². The van der Waals surface area contributed by atoms with E-state index in [2.05, 4.69) is 31.9 Å². The molecule has 0 bridgehead atoms. The van der Waals surface area contributed by atoms with Crippen molar-refractivity contribution in [1.29, 1.82) is 0 Å². The van der Waals surface area contributed by atoms with Gasteiger partial charge < -0.3 is 58.5 Å². The normalized spacial score (nSPS) is 17.1. The molecule has 1 aliphatic rings. The van der Waals surface area contributed by atoms with Gasteiger partial charge >= 0.3 is 11.7 Å². The second kappa shape index (κ2) is 25.0. The molecule has 0 saturated carbocycles. The minimum atomic E-state index is -1.54. The average molecular weight is 925 g/mol. The number of phenols is 1. The molecular formula is C44H64N10O12. The van der Waals surface area contributed by atoms with E-state index in [-0.39, 0.29) is 36.8 Å². The molecule has 1 aliphatic heterocycles. The molecule has 22 heteroatoms. The first-order valence-electron chi connectivity index (χ1n) is 22.0. The number of hydrogen-bond acceptors (Lipinski definition) is 13. The van der Waals surface area contributed by atoms with Crippen LogP contribution in [0.1, 0.15) is 91.2 Å². The number of carboxylic acid groups (broad SMARTS) is 1. The van der Waals surface area contributed by atoms with Gasteiger partial charge in [-0.3, -0.25) is 48.5 Å². The van der Waals surface area contributed by atoms with Crippen LogP contribution < -0.4 is 43.4 Å². The first-order chi connectivity index (χ1) is 31.1. The molecule has 2 aromatic carbocycles. The Bertz CT molecular complexity index is 2100. The number of amides is 7. The second-order valence-electron chi connectivity index (χ2n) is 16.7. The van der Waals surface area contributed by atoms with Gasteiger partial charge in [-0.15, -0.1) is 0 Å². The summed E-state index contributed by atoms with van der Waals surface area (Å²) >= 11 is 0. The number of primary amides is 1. The number of phenolic OH excluding ortho intramolecular Hbond substituents is 1. The highest BCUT2D eigenvalue weighted by Gasteiger charge is 2.39. The number of hydrogen-bond donors (Lipinski definition) is 10. The van der Waals surface area contributed by atoms with Crippen molar-refractivity contribution in [2.24, 2.45) is 17.6 Å².